The van der Waals surface area contributed by atoms with Crippen LogP contribution in [0, 0.1) is 0 Å². The molecule has 0 unspecified atom stereocenters. The van der Waals surface area contributed by atoms with Crippen molar-refractivity contribution in [2.24, 2.45) is 0 Å². The Morgan fingerprint density at radius 2 is 1.80 bits per heavy atom. The largest absolute Gasteiger partial charge is 0.385 e. The monoisotopic (exact) mass is 162 g/mol. The fourth-order valence-electron chi connectivity index (χ4n) is 0.846. The van der Waals surface area contributed by atoms with Gasteiger partial charge in [-0.15, -0.1) is 0 Å². The van der Waals surface area contributed by atoms with E-state index >= 15 is 0 Å². The average Bonchev–Trinajstić information content (AvgIpc) is 1.97. The minimum atomic E-state index is 0.930. The van der Waals surface area contributed by atoms with Crippen molar-refractivity contribution >= 4 is 11.8 Å². The molecule has 0 saturated heterocycles. The van der Waals surface area contributed by atoms with Gasteiger partial charge in [0, 0.05) is 13.7 Å². The van der Waals surface area contributed by atoms with Crippen LogP contribution in [0.4, 0.5) is 0 Å². The maximum Gasteiger partial charge on any atom is 0.0462 e. The van der Waals surface area contributed by atoms with E-state index in [4.69, 9.17) is 4.74 Å². The normalized spacial score (nSPS) is 10.2. The summed E-state index contributed by atoms with van der Waals surface area (Å²) in [4.78, 5) is 0. The summed E-state index contributed by atoms with van der Waals surface area (Å²) in [6.45, 7) is 0.930. The van der Waals surface area contributed by atoms with Crippen molar-refractivity contribution in [2.75, 3.05) is 25.7 Å². The number of rotatable bonds is 7. The van der Waals surface area contributed by atoms with Crippen LogP contribution < -0.4 is 0 Å². The van der Waals surface area contributed by atoms with Crippen molar-refractivity contribution in [1.82, 2.24) is 0 Å². The third-order valence-corrected chi connectivity index (χ3v) is 2.14. The zero-order valence-corrected chi connectivity index (χ0v) is 7.88. The summed E-state index contributed by atoms with van der Waals surface area (Å²) in [6, 6.07) is 0. The van der Waals surface area contributed by atoms with Crippen LogP contribution in [0.2, 0.25) is 0 Å². The van der Waals surface area contributed by atoms with E-state index in [1.54, 1.807) is 7.11 Å². The van der Waals surface area contributed by atoms with Crippen molar-refractivity contribution in [3.05, 3.63) is 0 Å². The molecule has 0 aliphatic carbocycles. The molecule has 0 N–H and O–H groups in total. The first-order chi connectivity index (χ1) is 4.91. The standard InChI is InChI=1S/C8H18OS/c1-9-7-5-3-4-6-8-10-2/h3-8H2,1-2H3. The molecule has 2 heteroatoms. The van der Waals surface area contributed by atoms with Crippen molar-refractivity contribution in [3.8, 4) is 0 Å². The van der Waals surface area contributed by atoms with Crippen molar-refractivity contribution in [1.29, 1.82) is 0 Å². The maximum atomic E-state index is 4.94. The van der Waals surface area contributed by atoms with Gasteiger partial charge < -0.3 is 4.74 Å². The first kappa shape index (κ1) is 10.3. The molecule has 1 nitrogen and oxygen atoms in total. The van der Waals surface area contributed by atoms with Crippen LogP contribution in [0.1, 0.15) is 25.7 Å². The molecule has 0 spiro atoms. The summed E-state index contributed by atoms with van der Waals surface area (Å²) in [6.07, 6.45) is 7.45. The van der Waals surface area contributed by atoms with E-state index in [1.165, 1.54) is 31.4 Å². The Bertz CT molecular complexity index is 49.2. The van der Waals surface area contributed by atoms with Gasteiger partial charge in [0.1, 0.15) is 0 Å². The number of unbranched alkanes of at least 4 members (excludes halogenated alkanes) is 3. The fraction of sp³-hybridized carbons (Fsp3) is 1.00. The van der Waals surface area contributed by atoms with Crippen LogP contribution >= 0.6 is 11.8 Å². The molecule has 0 aliphatic heterocycles. The second-order valence-corrected chi connectivity index (χ2v) is 3.39. The molecule has 0 bridgehead atoms. The van der Waals surface area contributed by atoms with E-state index in [0.717, 1.165) is 6.61 Å². The lowest BCUT2D eigenvalue weighted by molar-refractivity contribution is 0.192. The quantitative estimate of drug-likeness (QED) is 0.532. The first-order valence-electron chi connectivity index (χ1n) is 3.89. The predicted octanol–water partition coefficient (Wildman–Crippen LogP) is 2.56. The average molecular weight is 162 g/mol. The summed E-state index contributed by atoms with van der Waals surface area (Å²) in [5.74, 6) is 1.31. The zero-order chi connectivity index (χ0) is 7.66. The van der Waals surface area contributed by atoms with Gasteiger partial charge in [0.15, 0.2) is 0 Å². The summed E-state index contributed by atoms with van der Waals surface area (Å²) >= 11 is 1.93. The van der Waals surface area contributed by atoms with Crippen molar-refractivity contribution < 1.29 is 4.74 Å². The number of methoxy groups -OCH3 is 1. The predicted molar refractivity (Wildman–Crippen MR) is 48.7 cm³/mol. The molecule has 0 rings (SSSR count). The zero-order valence-electron chi connectivity index (χ0n) is 7.06. The topological polar surface area (TPSA) is 9.23 Å². The molecule has 0 heterocycles. The number of thioether (sulfide) groups is 1. The van der Waals surface area contributed by atoms with Gasteiger partial charge in [-0.05, 0) is 24.9 Å². The molecule has 62 valence electrons. The molecular weight excluding hydrogens is 144 g/mol. The summed E-state index contributed by atoms with van der Waals surface area (Å²) in [5.41, 5.74) is 0. The molecule has 10 heavy (non-hydrogen) atoms. The van der Waals surface area contributed by atoms with E-state index in [9.17, 15) is 0 Å². The van der Waals surface area contributed by atoms with Gasteiger partial charge in [-0.3, -0.25) is 0 Å². The number of hydrogen-bond acceptors (Lipinski definition) is 2. The maximum absolute atomic E-state index is 4.94. The Hall–Kier alpha value is 0.310. The fourth-order valence-corrected chi connectivity index (χ4v) is 1.34. The molecule has 0 aromatic heterocycles. The lowest BCUT2D eigenvalue weighted by atomic mass is 10.2. The third-order valence-electron chi connectivity index (χ3n) is 1.45. The van der Waals surface area contributed by atoms with E-state index in [1.807, 2.05) is 11.8 Å². The summed E-state index contributed by atoms with van der Waals surface area (Å²) in [7, 11) is 1.77. The van der Waals surface area contributed by atoms with Crippen LogP contribution in [0.3, 0.4) is 0 Å². The molecule has 0 saturated carbocycles. The lowest BCUT2D eigenvalue weighted by Crippen LogP contribution is -1.88. The second-order valence-electron chi connectivity index (χ2n) is 2.40. The van der Waals surface area contributed by atoms with E-state index in [0.29, 0.717) is 0 Å². The van der Waals surface area contributed by atoms with E-state index < -0.39 is 0 Å². The van der Waals surface area contributed by atoms with E-state index in [-0.39, 0.29) is 0 Å². The van der Waals surface area contributed by atoms with Crippen LogP contribution in [0.25, 0.3) is 0 Å². The van der Waals surface area contributed by atoms with Crippen LogP contribution in [-0.4, -0.2) is 25.7 Å². The van der Waals surface area contributed by atoms with Crippen LogP contribution in [0.15, 0.2) is 0 Å². The van der Waals surface area contributed by atoms with Crippen molar-refractivity contribution in [3.63, 3.8) is 0 Å². The smallest absolute Gasteiger partial charge is 0.0462 e. The third kappa shape index (κ3) is 8.31. The van der Waals surface area contributed by atoms with Gasteiger partial charge in [-0.2, -0.15) is 11.8 Å². The lowest BCUT2D eigenvalue weighted by Gasteiger charge is -1.98. The second kappa shape index (κ2) is 9.31. The highest BCUT2D eigenvalue weighted by Crippen LogP contribution is 2.04. The molecule has 0 atom stereocenters. The van der Waals surface area contributed by atoms with Crippen LogP contribution in [-0.2, 0) is 4.74 Å². The van der Waals surface area contributed by atoms with Gasteiger partial charge in [-0.25, -0.2) is 0 Å². The Labute approximate surface area is 68.5 Å². The molecule has 0 radical (unpaired) electrons. The Morgan fingerprint density at radius 3 is 2.40 bits per heavy atom. The Morgan fingerprint density at radius 1 is 1.10 bits per heavy atom. The van der Waals surface area contributed by atoms with E-state index in [2.05, 4.69) is 6.26 Å². The highest BCUT2D eigenvalue weighted by Gasteiger charge is 1.87. The Kier molecular flexibility index (Phi) is 9.60. The van der Waals surface area contributed by atoms with Gasteiger partial charge in [0.25, 0.3) is 0 Å². The minimum Gasteiger partial charge on any atom is -0.385 e. The van der Waals surface area contributed by atoms with Gasteiger partial charge >= 0.3 is 0 Å². The minimum absolute atomic E-state index is 0.930. The van der Waals surface area contributed by atoms with Gasteiger partial charge in [0.2, 0.25) is 0 Å². The molecule has 0 aromatic rings. The molecule has 0 fully saturated rings. The SMILES string of the molecule is COCCCCCCSC. The summed E-state index contributed by atoms with van der Waals surface area (Å²) in [5, 5.41) is 0. The highest BCUT2D eigenvalue weighted by atomic mass is 32.2. The summed E-state index contributed by atoms with van der Waals surface area (Å²) < 4.78 is 4.94. The highest BCUT2D eigenvalue weighted by molar-refractivity contribution is 7.98. The molecular formula is C8H18OS. The number of ether oxygens (including phenoxy) is 1. The Balaban J connectivity index is 2.65. The van der Waals surface area contributed by atoms with Crippen LogP contribution in [0.5, 0.6) is 0 Å². The molecule has 0 amide bonds. The molecule has 0 aromatic carbocycles. The van der Waals surface area contributed by atoms with Gasteiger partial charge in [-0.1, -0.05) is 12.8 Å². The molecule has 0 aliphatic rings. The first-order valence-corrected chi connectivity index (χ1v) is 5.29. The number of hydrogen-bond donors (Lipinski definition) is 0. The van der Waals surface area contributed by atoms with Crippen molar-refractivity contribution in [2.45, 2.75) is 25.7 Å². The van der Waals surface area contributed by atoms with Gasteiger partial charge in [0.05, 0.1) is 0 Å².